The van der Waals surface area contributed by atoms with Gasteiger partial charge in [-0.05, 0) is 39.2 Å². The van der Waals surface area contributed by atoms with Gasteiger partial charge < -0.3 is 5.32 Å². The Morgan fingerprint density at radius 3 is 2.74 bits per heavy atom. The van der Waals surface area contributed by atoms with Crippen molar-refractivity contribution in [3.05, 3.63) is 29.1 Å². The van der Waals surface area contributed by atoms with Gasteiger partial charge in [-0.25, -0.2) is 0 Å². The van der Waals surface area contributed by atoms with Crippen LogP contribution in [0.3, 0.4) is 0 Å². The van der Waals surface area contributed by atoms with E-state index in [2.05, 4.69) is 30.3 Å². The average molecular weight is 263 g/mol. The minimum Gasteiger partial charge on any atom is -0.352 e. The highest BCUT2D eigenvalue weighted by molar-refractivity contribution is 5.92. The van der Waals surface area contributed by atoms with Gasteiger partial charge in [0, 0.05) is 24.4 Å². The van der Waals surface area contributed by atoms with Crippen LogP contribution in [0.4, 0.5) is 0 Å². The smallest absolute Gasteiger partial charge is 0.246 e. The third-order valence-electron chi connectivity index (χ3n) is 3.07. The summed E-state index contributed by atoms with van der Waals surface area (Å²) < 4.78 is 2.00. The van der Waals surface area contributed by atoms with Gasteiger partial charge in [-0.2, -0.15) is 5.10 Å². The lowest BCUT2D eigenvalue weighted by Gasteiger charge is -2.14. The molecular weight excluding hydrogens is 238 g/mol. The van der Waals surface area contributed by atoms with Crippen LogP contribution in [-0.2, 0) is 11.3 Å². The molecule has 19 heavy (non-hydrogen) atoms. The molecule has 4 nitrogen and oxygen atoms in total. The summed E-state index contributed by atoms with van der Waals surface area (Å²) in [6.45, 7) is 11.6. The number of allylic oxidation sites excluding steroid dienone is 1. The molecule has 1 aromatic rings. The molecule has 0 aromatic carbocycles. The summed E-state index contributed by atoms with van der Waals surface area (Å²) in [6, 6.07) is 2.07. The molecule has 1 atom stereocenters. The number of nitrogens with zero attached hydrogens (tertiary/aromatic N) is 2. The molecule has 1 amide bonds. The summed E-state index contributed by atoms with van der Waals surface area (Å²) >= 11 is 0. The Labute approximate surface area is 115 Å². The number of aromatic nitrogens is 2. The van der Waals surface area contributed by atoms with Crippen molar-refractivity contribution in [2.75, 3.05) is 6.54 Å². The Morgan fingerprint density at radius 1 is 1.53 bits per heavy atom. The lowest BCUT2D eigenvalue weighted by molar-refractivity contribution is -0.117. The number of hydrogen-bond acceptors (Lipinski definition) is 2. The van der Waals surface area contributed by atoms with E-state index < -0.39 is 0 Å². The van der Waals surface area contributed by atoms with Crippen molar-refractivity contribution in [3.63, 3.8) is 0 Å². The largest absolute Gasteiger partial charge is 0.352 e. The second-order valence-corrected chi connectivity index (χ2v) is 5.22. The Hall–Kier alpha value is -1.58. The summed E-state index contributed by atoms with van der Waals surface area (Å²) in [6.07, 6.45) is 2.83. The molecule has 0 spiro atoms. The summed E-state index contributed by atoms with van der Waals surface area (Å²) in [4.78, 5) is 11.8. The van der Waals surface area contributed by atoms with Crippen molar-refractivity contribution in [1.29, 1.82) is 0 Å². The number of carbonyl (C=O) groups is 1. The zero-order chi connectivity index (χ0) is 14.4. The molecule has 0 saturated carbocycles. The first-order valence-corrected chi connectivity index (χ1v) is 6.90. The number of hydrogen-bond donors (Lipinski definition) is 1. The molecule has 1 rings (SSSR count). The second kappa shape index (κ2) is 7.12. The van der Waals surface area contributed by atoms with Gasteiger partial charge in [-0.3, -0.25) is 9.48 Å². The number of nitrogens with one attached hydrogen (secondary N) is 1. The van der Waals surface area contributed by atoms with Crippen molar-refractivity contribution < 1.29 is 4.79 Å². The fourth-order valence-corrected chi connectivity index (χ4v) is 2.02. The van der Waals surface area contributed by atoms with E-state index in [0.29, 0.717) is 12.5 Å². The first-order chi connectivity index (χ1) is 8.93. The third-order valence-corrected chi connectivity index (χ3v) is 3.07. The van der Waals surface area contributed by atoms with Crippen LogP contribution in [0.1, 0.15) is 38.6 Å². The van der Waals surface area contributed by atoms with E-state index in [0.717, 1.165) is 29.9 Å². The summed E-state index contributed by atoms with van der Waals surface area (Å²) in [5, 5.41) is 7.40. The van der Waals surface area contributed by atoms with Crippen LogP contribution in [0.2, 0.25) is 0 Å². The lowest BCUT2D eigenvalue weighted by atomic mass is 10.1. The van der Waals surface area contributed by atoms with Gasteiger partial charge in [-0.1, -0.05) is 19.9 Å². The average Bonchev–Trinajstić information content (AvgIpc) is 2.65. The van der Waals surface area contributed by atoms with Gasteiger partial charge in [0.25, 0.3) is 0 Å². The number of carbonyl (C=O) groups excluding carboxylic acids is 1. The van der Waals surface area contributed by atoms with Crippen LogP contribution in [0.25, 0.3) is 0 Å². The monoisotopic (exact) mass is 263 g/mol. The highest BCUT2D eigenvalue weighted by Crippen LogP contribution is 2.06. The fourth-order valence-electron chi connectivity index (χ4n) is 2.02. The minimum absolute atomic E-state index is 0.0297. The Balaban J connectivity index is 2.44. The molecule has 0 radical (unpaired) electrons. The molecule has 0 bridgehead atoms. The zero-order valence-corrected chi connectivity index (χ0v) is 12.7. The quantitative estimate of drug-likeness (QED) is 0.802. The Kier molecular flexibility index (Phi) is 5.80. The van der Waals surface area contributed by atoms with E-state index >= 15 is 0 Å². The van der Waals surface area contributed by atoms with E-state index in [1.165, 1.54) is 0 Å². The van der Waals surface area contributed by atoms with Crippen molar-refractivity contribution in [2.24, 2.45) is 5.92 Å². The Bertz CT molecular complexity index is 460. The van der Waals surface area contributed by atoms with Gasteiger partial charge in [-0.15, -0.1) is 0 Å². The van der Waals surface area contributed by atoms with Gasteiger partial charge in [0.05, 0.1) is 5.69 Å². The molecule has 1 N–H and O–H groups in total. The van der Waals surface area contributed by atoms with Gasteiger partial charge in [0.2, 0.25) is 5.91 Å². The maximum atomic E-state index is 11.8. The van der Waals surface area contributed by atoms with E-state index in [9.17, 15) is 4.79 Å². The maximum absolute atomic E-state index is 11.8. The van der Waals surface area contributed by atoms with Crippen LogP contribution in [0, 0.1) is 19.8 Å². The van der Waals surface area contributed by atoms with Crippen LogP contribution < -0.4 is 5.32 Å². The molecule has 0 aliphatic rings. The molecule has 0 aliphatic heterocycles. The summed E-state index contributed by atoms with van der Waals surface area (Å²) in [5.41, 5.74) is 2.99. The third kappa shape index (κ3) is 4.89. The molecular formula is C15H25N3O. The molecule has 1 heterocycles. The first kappa shape index (κ1) is 15.5. The second-order valence-electron chi connectivity index (χ2n) is 5.22. The van der Waals surface area contributed by atoms with Gasteiger partial charge in [0.15, 0.2) is 0 Å². The first-order valence-electron chi connectivity index (χ1n) is 6.90. The van der Waals surface area contributed by atoms with Crippen LogP contribution in [0.5, 0.6) is 0 Å². The number of rotatable bonds is 6. The SMILES string of the molecule is CC/C=C(\C)C(=O)NC[C@H](C)Cn1nc(C)cc1C. The number of amides is 1. The molecule has 0 saturated heterocycles. The Morgan fingerprint density at radius 2 is 2.21 bits per heavy atom. The molecule has 106 valence electrons. The van der Waals surface area contributed by atoms with Crippen molar-refractivity contribution in [1.82, 2.24) is 15.1 Å². The zero-order valence-electron chi connectivity index (χ0n) is 12.7. The predicted molar refractivity (Wildman–Crippen MR) is 77.9 cm³/mol. The van der Waals surface area contributed by atoms with Crippen LogP contribution in [-0.4, -0.2) is 22.2 Å². The number of aryl methyl sites for hydroxylation is 2. The topological polar surface area (TPSA) is 46.9 Å². The fraction of sp³-hybridized carbons (Fsp3) is 0.600. The van der Waals surface area contributed by atoms with Gasteiger partial charge in [0.1, 0.15) is 0 Å². The van der Waals surface area contributed by atoms with Crippen molar-refractivity contribution >= 4 is 5.91 Å². The van der Waals surface area contributed by atoms with Crippen molar-refractivity contribution in [3.8, 4) is 0 Å². The molecule has 0 aliphatic carbocycles. The molecule has 0 unspecified atom stereocenters. The van der Waals surface area contributed by atoms with E-state index in [1.807, 2.05) is 31.5 Å². The van der Waals surface area contributed by atoms with E-state index in [4.69, 9.17) is 0 Å². The molecule has 1 aromatic heterocycles. The normalized spacial score (nSPS) is 13.4. The molecule has 0 fully saturated rings. The molecule has 4 heteroatoms. The standard InChI is InChI=1S/C15H25N3O/c1-6-7-12(3)15(19)16-9-11(2)10-18-14(5)8-13(4)17-18/h7-8,11H,6,9-10H2,1-5H3,(H,16,19)/b12-7+/t11-/m0/s1. The summed E-state index contributed by atoms with van der Waals surface area (Å²) in [7, 11) is 0. The van der Waals surface area contributed by atoms with Crippen LogP contribution in [0.15, 0.2) is 17.7 Å². The van der Waals surface area contributed by atoms with Crippen molar-refractivity contribution in [2.45, 2.75) is 47.6 Å². The maximum Gasteiger partial charge on any atom is 0.246 e. The highest BCUT2D eigenvalue weighted by atomic mass is 16.1. The van der Waals surface area contributed by atoms with Crippen LogP contribution >= 0.6 is 0 Å². The van der Waals surface area contributed by atoms with E-state index in [1.54, 1.807) is 0 Å². The lowest BCUT2D eigenvalue weighted by Crippen LogP contribution is -2.30. The highest BCUT2D eigenvalue weighted by Gasteiger charge is 2.09. The van der Waals surface area contributed by atoms with Gasteiger partial charge >= 0.3 is 0 Å². The minimum atomic E-state index is 0.0297. The predicted octanol–water partition coefficient (Wildman–Crippen LogP) is 2.61. The summed E-state index contributed by atoms with van der Waals surface area (Å²) in [5.74, 6) is 0.387. The van der Waals surface area contributed by atoms with E-state index in [-0.39, 0.29) is 5.91 Å².